The summed E-state index contributed by atoms with van der Waals surface area (Å²) in [6.07, 6.45) is 0. The van der Waals surface area contributed by atoms with Gasteiger partial charge in [-0.2, -0.15) is 0 Å². The van der Waals surface area contributed by atoms with Crippen molar-refractivity contribution in [2.45, 2.75) is 0 Å². The Morgan fingerprint density at radius 3 is 1.75 bits per heavy atom. The van der Waals surface area contributed by atoms with E-state index in [0.29, 0.717) is 0 Å². The molecular formula is NNaO2. The maximum absolute atomic E-state index is 8.00. The Labute approximate surface area is 45.2 Å². The first-order valence-electron chi connectivity index (χ1n) is 0.365. The summed E-state index contributed by atoms with van der Waals surface area (Å²) in [5.74, 6) is 0. The molecule has 0 aliphatic rings. The molecule has 0 saturated carbocycles. The molecule has 0 aromatic carbocycles. The van der Waals surface area contributed by atoms with Gasteiger partial charge in [-0.25, -0.2) is 0 Å². The molecule has 3 nitrogen and oxygen atoms in total. The maximum atomic E-state index is 8.00. The Morgan fingerprint density at radius 1 is 1.75 bits per heavy atom. The fraction of sp³-hybridized carbons (Fsp3) is 0. The van der Waals surface area contributed by atoms with Gasteiger partial charge in [0.1, 0.15) is 0 Å². The minimum absolute atomic E-state index is 0. The smallest absolute Gasteiger partial charge is 0.444 e. The summed E-state index contributed by atoms with van der Waals surface area (Å²) in [4.78, 5) is 8.00. The van der Waals surface area contributed by atoms with E-state index in [4.69, 9.17) is 10.1 Å². The molecule has 0 fully saturated rings. The third-order valence-electron chi connectivity index (χ3n) is 0. The number of hydrogen-bond donors (Lipinski definition) is 0. The van der Waals surface area contributed by atoms with Gasteiger partial charge in [-0.05, 0) is 0 Å². The van der Waals surface area contributed by atoms with E-state index in [0.717, 1.165) is 5.34 Å². The second-order valence-corrected chi connectivity index (χ2v) is 0.0745. The largest absolute Gasteiger partial charge is 1.00 e. The summed E-state index contributed by atoms with van der Waals surface area (Å²) < 4.78 is 0. The number of hydrogen-bond acceptors (Lipinski definition) is 3. The van der Waals surface area contributed by atoms with Crippen molar-refractivity contribution in [2.24, 2.45) is 5.34 Å². The van der Waals surface area contributed by atoms with Gasteiger partial charge in [-0.1, -0.05) is 0 Å². The van der Waals surface area contributed by atoms with Crippen LogP contribution in [0.1, 0.15) is 0 Å². The molecule has 4 heavy (non-hydrogen) atoms. The van der Waals surface area contributed by atoms with Gasteiger partial charge in [0.2, 0.25) is 0 Å². The molecule has 0 atom stereocenters. The minimum atomic E-state index is 0. The van der Waals surface area contributed by atoms with Crippen molar-refractivity contribution in [1.82, 2.24) is 0 Å². The molecule has 4 heteroatoms. The molecular weight excluding hydrogens is 69.0 g/mol. The topological polar surface area (TPSA) is 52.5 Å². The predicted molar refractivity (Wildman–Crippen MR) is 9.16 cm³/mol. The van der Waals surface area contributed by atoms with Crippen LogP contribution in [-0.4, -0.2) is 0 Å². The molecule has 0 aliphatic heterocycles. The fourth-order valence-electron chi connectivity index (χ4n) is 0. The second kappa shape index (κ2) is 9.99. The summed E-state index contributed by atoms with van der Waals surface area (Å²) in [6, 6.07) is 0. The van der Waals surface area contributed by atoms with Crippen LogP contribution in [-0.2, 0) is 0 Å². The molecule has 0 N–H and O–H groups in total. The fourth-order valence-corrected chi connectivity index (χ4v) is 0. The normalized spacial score (nSPS) is 3.00. The van der Waals surface area contributed by atoms with E-state index >= 15 is 0 Å². The Bertz CT molecular complexity index is 13.5. The predicted octanol–water partition coefficient (Wildman–Crippen LogP) is -2.75. The van der Waals surface area contributed by atoms with E-state index < -0.39 is 0 Å². The Hall–Kier alpha value is 0.400. The maximum Gasteiger partial charge on any atom is 1.00 e. The third-order valence-corrected chi connectivity index (χ3v) is 0. The monoisotopic (exact) mass is 69.0 g/mol. The minimum Gasteiger partial charge on any atom is -0.444 e. The molecule has 0 saturated heterocycles. The Balaban J connectivity index is 0. The zero-order chi connectivity index (χ0) is 2.71. The van der Waals surface area contributed by atoms with Gasteiger partial charge >= 0.3 is 29.6 Å². The molecule has 0 aromatic rings. The van der Waals surface area contributed by atoms with E-state index in [2.05, 4.69) is 0 Å². The van der Waals surface area contributed by atoms with Crippen LogP contribution in [0.3, 0.4) is 0 Å². The van der Waals surface area contributed by atoms with Crippen molar-refractivity contribution in [3.8, 4) is 0 Å². The third kappa shape index (κ3) is 29.4. The average Bonchev–Trinajstić information content (AvgIpc) is 0.918. The molecule has 0 radical (unpaired) electrons. The van der Waals surface area contributed by atoms with Gasteiger partial charge in [-0.15, -0.1) is 5.34 Å². The van der Waals surface area contributed by atoms with Crippen LogP contribution in [0.15, 0.2) is 5.34 Å². The summed E-state index contributed by atoms with van der Waals surface area (Å²) in [5.41, 5.74) is 0. The van der Waals surface area contributed by atoms with Crippen LogP contribution in [0.4, 0.5) is 0 Å². The standard InChI is InChI=1S/HNO2.Na/c2-1-3;/h(H,2,3);/q;+1/p-1. The van der Waals surface area contributed by atoms with E-state index in [1.807, 2.05) is 0 Å². The summed E-state index contributed by atoms with van der Waals surface area (Å²) >= 11 is 0. The summed E-state index contributed by atoms with van der Waals surface area (Å²) in [5, 5.41) is 9.00. The second-order valence-electron chi connectivity index (χ2n) is 0.0745. The van der Waals surface area contributed by atoms with Crippen molar-refractivity contribution in [3.63, 3.8) is 0 Å². The molecule has 18 valence electrons. The van der Waals surface area contributed by atoms with Crippen molar-refractivity contribution in [3.05, 3.63) is 10.1 Å². The zero-order valence-electron chi connectivity index (χ0n) is 2.26. The van der Waals surface area contributed by atoms with E-state index in [1.165, 1.54) is 0 Å². The van der Waals surface area contributed by atoms with Gasteiger partial charge in [0, 0.05) is 0 Å². The van der Waals surface area contributed by atoms with E-state index in [9.17, 15) is 0 Å². The van der Waals surface area contributed by atoms with Crippen molar-refractivity contribution in [2.75, 3.05) is 0 Å². The van der Waals surface area contributed by atoms with Crippen molar-refractivity contribution < 1.29 is 29.6 Å². The van der Waals surface area contributed by atoms with Gasteiger partial charge < -0.3 is 10.1 Å². The molecule has 0 bridgehead atoms. The number of nitrogens with zero attached hydrogens (tertiary/aromatic N) is 1. The van der Waals surface area contributed by atoms with Crippen LogP contribution in [0.5, 0.6) is 0 Å². The van der Waals surface area contributed by atoms with Crippen LogP contribution in [0, 0.1) is 10.1 Å². The molecule has 0 amide bonds. The zero-order valence-corrected chi connectivity index (χ0v) is 4.26. The van der Waals surface area contributed by atoms with Gasteiger partial charge in [-0.3, -0.25) is 0 Å². The Morgan fingerprint density at radius 2 is 1.75 bits per heavy atom. The van der Waals surface area contributed by atoms with Gasteiger partial charge in [0.25, 0.3) is 0 Å². The number of rotatable bonds is 0. The van der Waals surface area contributed by atoms with Crippen molar-refractivity contribution in [1.29, 1.82) is 0 Å². The first kappa shape index (κ1) is 8.83. The van der Waals surface area contributed by atoms with Gasteiger partial charge in [0.05, 0.1) is 0 Å². The molecule has 0 unspecified atom stereocenters. The molecule has 0 heterocycles. The summed E-state index contributed by atoms with van der Waals surface area (Å²) in [7, 11) is 0. The van der Waals surface area contributed by atoms with Crippen LogP contribution in [0.2, 0.25) is 0 Å². The molecule has 0 aliphatic carbocycles. The van der Waals surface area contributed by atoms with E-state index in [1.54, 1.807) is 0 Å². The van der Waals surface area contributed by atoms with Crippen LogP contribution < -0.4 is 29.6 Å². The van der Waals surface area contributed by atoms with Crippen LogP contribution in [0.25, 0.3) is 0 Å². The van der Waals surface area contributed by atoms with Crippen LogP contribution >= 0.6 is 0 Å². The molecule has 0 aromatic heterocycles. The SMILES string of the molecule is O=N[O-].[Na+]. The van der Waals surface area contributed by atoms with Crippen molar-refractivity contribution >= 4 is 0 Å². The molecule has 0 spiro atoms. The first-order valence-corrected chi connectivity index (χ1v) is 0.365. The quantitative estimate of drug-likeness (QED) is 0.176. The molecule has 0 rings (SSSR count). The summed E-state index contributed by atoms with van der Waals surface area (Å²) in [6.45, 7) is 0. The van der Waals surface area contributed by atoms with E-state index in [-0.39, 0.29) is 29.6 Å². The Kier molecular flexibility index (Phi) is 22.1. The first-order chi connectivity index (χ1) is 1.41. The van der Waals surface area contributed by atoms with Gasteiger partial charge in [0.15, 0.2) is 0 Å². The average molecular weight is 69.0 g/mol.